The first-order valence-electron chi connectivity index (χ1n) is 8.72. The number of carbonyl (C=O) groups is 1. The monoisotopic (exact) mass is 408 g/mol. The maximum Gasteiger partial charge on any atom is 0.257 e. The predicted molar refractivity (Wildman–Crippen MR) is 112 cm³/mol. The highest BCUT2D eigenvalue weighted by Crippen LogP contribution is 2.25. The maximum absolute atomic E-state index is 12.8. The van der Waals surface area contributed by atoms with Crippen molar-refractivity contribution in [3.05, 3.63) is 100 Å². The SMILES string of the molecule is O=C(Nc1ncc(Cc2ccccc2Cl)s1)c1ccccc1Cn1ccnc1. The van der Waals surface area contributed by atoms with Gasteiger partial charge in [-0.15, -0.1) is 11.3 Å². The number of nitrogens with zero attached hydrogens (tertiary/aromatic N) is 3. The maximum atomic E-state index is 12.8. The van der Waals surface area contributed by atoms with Gasteiger partial charge in [0.25, 0.3) is 5.91 Å². The van der Waals surface area contributed by atoms with Crippen LogP contribution in [0, 0.1) is 0 Å². The van der Waals surface area contributed by atoms with E-state index in [0.717, 1.165) is 21.0 Å². The Bertz CT molecular complexity index is 1090. The molecule has 5 nitrogen and oxygen atoms in total. The van der Waals surface area contributed by atoms with Gasteiger partial charge in [0.2, 0.25) is 0 Å². The Morgan fingerprint density at radius 1 is 1.11 bits per heavy atom. The molecule has 0 atom stereocenters. The molecule has 0 aliphatic rings. The molecule has 4 rings (SSSR count). The highest BCUT2D eigenvalue weighted by molar-refractivity contribution is 7.15. The molecule has 4 aromatic rings. The quantitative estimate of drug-likeness (QED) is 0.494. The minimum absolute atomic E-state index is 0.172. The normalized spacial score (nSPS) is 10.8. The molecule has 0 saturated carbocycles. The number of halogens is 1. The van der Waals surface area contributed by atoms with Crippen LogP contribution in [0.4, 0.5) is 5.13 Å². The number of amides is 1. The van der Waals surface area contributed by atoms with Gasteiger partial charge in [0.15, 0.2) is 5.13 Å². The number of carbonyl (C=O) groups excluding carboxylic acids is 1. The Morgan fingerprint density at radius 3 is 2.68 bits per heavy atom. The second-order valence-corrected chi connectivity index (χ2v) is 7.77. The van der Waals surface area contributed by atoms with E-state index in [4.69, 9.17) is 11.6 Å². The van der Waals surface area contributed by atoms with E-state index >= 15 is 0 Å². The lowest BCUT2D eigenvalue weighted by Crippen LogP contribution is -2.15. The lowest BCUT2D eigenvalue weighted by atomic mass is 10.1. The fraction of sp³-hybridized carbons (Fsp3) is 0.0952. The first-order chi connectivity index (χ1) is 13.7. The Hall–Kier alpha value is -2.96. The third kappa shape index (κ3) is 4.30. The van der Waals surface area contributed by atoms with Gasteiger partial charge in [-0.25, -0.2) is 9.97 Å². The van der Waals surface area contributed by atoms with E-state index in [1.807, 2.05) is 59.3 Å². The highest BCUT2D eigenvalue weighted by atomic mass is 35.5. The smallest absolute Gasteiger partial charge is 0.257 e. The largest absolute Gasteiger partial charge is 0.333 e. The number of anilines is 1. The molecule has 7 heteroatoms. The number of rotatable bonds is 6. The first kappa shape index (κ1) is 18.4. The van der Waals surface area contributed by atoms with Gasteiger partial charge < -0.3 is 4.57 Å². The molecule has 0 aliphatic carbocycles. The Balaban J connectivity index is 1.48. The molecule has 0 fully saturated rings. The number of thiazole rings is 1. The lowest BCUT2D eigenvalue weighted by Gasteiger charge is -2.09. The number of nitrogens with one attached hydrogen (secondary N) is 1. The van der Waals surface area contributed by atoms with E-state index in [9.17, 15) is 4.79 Å². The summed E-state index contributed by atoms with van der Waals surface area (Å²) in [5, 5.41) is 4.21. The number of benzene rings is 2. The van der Waals surface area contributed by atoms with E-state index in [1.165, 1.54) is 11.3 Å². The second kappa shape index (κ2) is 8.37. The van der Waals surface area contributed by atoms with Gasteiger partial charge in [0.05, 0.1) is 6.33 Å². The minimum atomic E-state index is -0.172. The van der Waals surface area contributed by atoms with Crippen molar-refractivity contribution in [2.24, 2.45) is 0 Å². The zero-order valence-electron chi connectivity index (χ0n) is 14.9. The van der Waals surface area contributed by atoms with Gasteiger partial charge >= 0.3 is 0 Å². The van der Waals surface area contributed by atoms with Crippen molar-refractivity contribution in [1.29, 1.82) is 0 Å². The summed E-state index contributed by atoms with van der Waals surface area (Å²) in [4.78, 5) is 22.2. The summed E-state index contributed by atoms with van der Waals surface area (Å²) in [7, 11) is 0. The number of hydrogen-bond acceptors (Lipinski definition) is 4. The van der Waals surface area contributed by atoms with E-state index in [0.29, 0.717) is 23.7 Å². The van der Waals surface area contributed by atoms with Crippen LogP contribution in [0.1, 0.15) is 26.4 Å². The lowest BCUT2D eigenvalue weighted by molar-refractivity contribution is 0.102. The third-order valence-corrected chi connectivity index (χ3v) is 5.55. The molecule has 1 amide bonds. The molecule has 2 aromatic carbocycles. The van der Waals surface area contributed by atoms with Gasteiger partial charge in [-0.05, 0) is 23.3 Å². The van der Waals surface area contributed by atoms with Crippen molar-refractivity contribution in [2.75, 3.05) is 5.32 Å². The summed E-state index contributed by atoms with van der Waals surface area (Å²) in [5.74, 6) is -0.172. The van der Waals surface area contributed by atoms with Crippen LogP contribution >= 0.6 is 22.9 Å². The van der Waals surface area contributed by atoms with Gasteiger partial charge in [-0.3, -0.25) is 10.1 Å². The molecule has 1 N–H and O–H groups in total. The zero-order chi connectivity index (χ0) is 19.3. The third-order valence-electron chi connectivity index (χ3n) is 4.27. The molecule has 28 heavy (non-hydrogen) atoms. The van der Waals surface area contributed by atoms with E-state index in [1.54, 1.807) is 18.7 Å². The summed E-state index contributed by atoms with van der Waals surface area (Å²) < 4.78 is 1.93. The molecule has 0 bridgehead atoms. The zero-order valence-corrected chi connectivity index (χ0v) is 16.5. The van der Waals surface area contributed by atoms with Gasteiger partial charge in [-0.2, -0.15) is 0 Å². The van der Waals surface area contributed by atoms with Crippen molar-refractivity contribution in [3.8, 4) is 0 Å². The summed E-state index contributed by atoms with van der Waals surface area (Å²) in [5.41, 5.74) is 2.58. The molecule has 0 aliphatic heterocycles. The summed E-state index contributed by atoms with van der Waals surface area (Å²) >= 11 is 7.68. The second-order valence-electron chi connectivity index (χ2n) is 6.25. The molecule has 140 valence electrons. The number of hydrogen-bond donors (Lipinski definition) is 1. The van der Waals surface area contributed by atoms with Crippen molar-refractivity contribution in [1.82, 2.24) is 14.5 Å². The Morgan fingerprint density at radius 2 is 1.89 bits per heavy atom. The van der Waals surface area contributed by atoms with Gasteiger partial charge in [0, 0.05) is 47.0 Å². The topological polar surface area (TPSA) is 59.8 Å². The van der Waals surface area contributed by atoms with Crippen molar-refractivity contribution < 1.29 is 4.79 Å². The van der Waals surface area contributed by atoms with Crippen molar-refractivity contribution in [2.45, 2.75) is 13.0 Å². The predicted octanol–water partition coefficient (Wildman–Crippen LogP) is 4.88. The Kier molecular flexibility index (Phi) is 5.50. The molecule has 2 heterocycles. The van der Waals surface area contributed by atoms with Crippen LogP contribution in [0.25, 0.3) is 0 Å². The van der Waals surface area contributed by atoms with Crippen molar-refractivity contribution in [3.63, 3.8) is 0 Å². The van der Waals surface area contributed by atoms with Gasteiger partial charge in [-0.1, -0.05) is 48.0 Å². The van der Waals surface area contributed by atoms with Crippen LogP contribution in [0.15, 0.2) is 73.4 Å². The highest BCUT2D eigenvalue weighted by Gasteiger charge is 2.14. The van der Waals surface area contributed by atoms with Crippen LogP contribution in [0.2, 0.25) is 5.02 Å². The standard InChI is InChI=1S/C21H17ClN4OS/c22-19-8-4-2-5-15(19)11-17-12-24-21(28-17)25-20(27)18-7-3-1-6-16(18)13-26-10-9-23-14-26/h1-10,12,14H,11,13H2,(H,24,25,27). The van der Waals surface area contributed by atoms with E-state index in [2.05, 4.69) is 15.3 Å². The van der Waals surface area contributed by atoms with Crippen LogP contribution < -0.4 is 5.32 Å². The van der Waals surface area contributed by atoms with Crippen molar-refractivity contribution >= 4 is 34.0 Å². The fourth-order valence-corrected chi connectivity index (χ4v) is 3.93. The van der Waals surface area contributed by atoms with Crippen LogP contribution in [0.5, 0.6) is 0 Å². The molecular formula is C21H17ClN4OS. The minimum Gasteiger partial charge on any atom is -0.333 e. The first-order valence-corrected chi connectivity index (χ1v) is 9.91. The summed E-state index contributed by atoms with van der Waals surface area (Å²) in [6, 6.07) is 15.3. The number of imidazole rings is 1. The molecule has 0 saturated heterocycles. The average molecular weight is 409 g/mol. The molecule has 0 radical (unpaired) electrons. The molecular weight excluding hydrogens is 392 g/mol. The van der Waals surface area contributed by atoms with Crippen LogP contribution in [0.3, 0.4) is 0 Å². The average Bonchev–Trinajstić information content (AvgIpc) is 3.36. The van der Waals surface area contributed by atoms with E-state index < -0.39 is 0 Å². The Labute approximate surface area is 171 Å². The number of aromatic nitrogens is 3. The molecule has 2 aromatic heterocycles. The summed E-state index contributed by atoms with van der Waals surface area (Å²) in [6.45, 7) is 0.583. The molecule has 0 unspecified atom stereocenters. The molecule has 0 spiro atoms. The van der Waals surface area contributed by atoms with Crippen LogP contribution in [-0.4, -0.2) is 20.4 Å². The fourth-order valence-electron chi connectivity index (χ4n) is 2.90. The summed E-state index contributed by atoms with van der Waals surface area (Å²) in [6.07, 6.45) is 7.79. The van der Waals surface area contributed by atoms with Crippen LogP contribution in [-0.2, 0) is 13.0 Å². The van der Waals surface area contributed by atoms with Gasteiger partial charge in [0.1, 0.15) is 0 Å². The van der Waals surface area contributed by atoms with E-state index in [-0.39, 0.29) is 5.91 Å².